The predicted molar refractivity (Wildman–Crippen MR) is 64.6 cm³/mol. The van der Waals surface area contributed by atoms with Crippen molar-refractivity contribution in [1.29, 1.82) is 0 Å². The molecule has 1 aromatic carbocycles. The first kappa shape index (κ1) is 11.8. The number of hydrogen-bond donors (Lipinski definition) is 1. The van der Waals surface area contributed by atoms with Crippen LogP contribution in [0.25, 0.3) is 11.3 Å². The van der Waals surface area contributed by atoms with Gasteiger partial charge in [-0.1, -0.05) is 5.16 Å². The number of methoxy groups -OCH3 is 1. The molecule has 0 aliphatic carbocycles. The van der Waals surface area contributed by atoms with Crippen molar-refractivity contribution >= 4 is 17.6 Å². The molecule has 1 heterocycles. The van der Waals surface area contributed by atoms with Crippen LogP contribution in [0, 0.1) is 5.82 Å². The zero-order valence-electron chi connectivity index (χ0n) is 9.36. The topological polar surface area (TPSA) is 61.3 Å². The number of nitrogens with two attached hydrogens (primary N) is 1. The lowest BCUT2D eigenvalue weighted by Crippen LogP contribution is -1.92. The van der Waals surface area contributed by atoms with Crippen LogP contribution in [-0.2, 0) is 0 Å². The maximum absolute atomic E-state index is 13.5. The molecule has 1 aromatic heterocycles. The molecule has 0 unspecified atom stereocenters. The number of nitrogens with zero attached hydrogens (tertiary/aromatic N) is 1. The van der Waals surface area contributed by atoms with Gasteiger partial charge in [-0.15, -0.1) is 11.8 Å². The fourth-order valence-electron chi connectivity index (χ4n) is 1.53. The van der Waals surface area contributed by atoms with Crippen molar-refractivity contribution in [2.45, 2.75) is 4.90 Å². The summed E-state index contributed by atoms with van der Waals surface area (Å²) in [6.07, 6.45) is 1.84. The van der Waals surface area contributed by atoms with E-state index in [1.165, 1.54) is 37.1 Å². The number of hydrogen-bond acceptors (Lipinski definition) is 5. The third-order valence-corrected chi connectivity index (χ3v) is 2.98. The van der Waals surface area contributed by atoms with Gasteiger partial charge in [0, 0.05) is 6.07 Å². The summed E-state index contributed by atoms with van der Waals surface area (Å²) in [6, 6.07) is 4.27. The van der Waals surface area contributed by atoms with E-state index in [9.17, 15) is 4.39 Å². The van der Waals surface area contributed by atoms with E-state index in [0.29, 0.717) is 22.0 Å². The van der Waals surface area contributed by atoms with Crippen LogP contribution in [-0.4, -0.2) is 18.5 Å². The number of halogens is 1. The van der Waals surface area contributed by atoms with Gasteiger partial charge >= 0.3 is 0 Å². The predicted octanol–water partition coefficient (Wildman–Crippen LogP) is 2.79. The van der Waals surface area contributed by atoms with Crippen molar-refractivity contribution in [3.63, 3.8) is 0 Å². The minimum Gasteiger partial charge on any atom is -0.495 e. The largest absolute Gasteiger partial charge is 0.495 e. The number of nitrogen functional groups attached to an aromatic ring is 1. The van der Waals surface area contributed by atoms with Gasteiger partial charge in [-0.2, -0.15) is 0 Å². The Labute approximate surface area is 102 Å². The Morgan fingerprint density at radius 1 is 1.41 bits per heavy atom. The molecule has 0 fully saturated rings. The second kappa shape index (κ2) is 4.67. The normalized spacial score (nSPS) is 10.5. The standard InChI is InChI=1S/C11H11FN2O2S/c1-15-11-7(8-5-10(13)14-16-8)3-6(12)4-9(11)17-2/h3-5H,1-2H3,(H2,13,14). The van der Waals surface area contributed by atoms with E-state index in [-0.39, 0.29) is 11.6 Å². The lowest BCUT2D eigenvalue weighted by Gasteiger charge is -2.10. The quantitative estimate of drug-likeness (QED) is 0.853. The molecule has 0 radical (unpaired) electrons. The average molecular weight is 254 g/mol. The molecule has 2 aromatic rings. The highest BCUT2D eigenvalue weighted by Gasteiger charge is 2.16. The van der Waals surface area contributed by atoms with Crippen LogP contribution in [0.1, 0.15) is 0 Å². The van der Waals surface area contributed by atoms with Gasteiger partial charge in [0.05, 0.1) is 17.6 Å². The highest BCUT2D eigenvalue weighted by Crippen LogP contribution is 2.38. The van der Waals surface area contributed by atoms with Crippen molar-refractivity contribution in [2.75, 3.05) is 19.1 Å². The van der Waals surface area contributed by atoms with E-state index in [2.05, 4.69) is 5.16 Å². The van der Waals surface area contributed by atoms with E-state index < -0.39 is 0 Å². The van der Waals surface area contributed by atoms with Gasteiger partial charge in [0.25, 0.3) is 0 Å². The molecule has 0 bridgehead atoms. The Morgan fingerprint density at radius 3 is 2.71 bits per heavy atom. The molecule has 0 aliphatic heterocycles. The monoisotopic (exact) mass is 254 g/mol. The maximum Gasteiger partial charge on any atom is 0.172 e. The van der Waals surface area contributed by atoms with Crippen LogP contribution in [0.2, 0.25) is 0 Å². The maximum atomic E-state index is 13.5. The van der Waals surface area contributed by atoms with E-state index >= 15 is 0 Å². The van der Waals surface area contributed by atoms with Crippen molar-refractivity contribution < 1.29 is 13.7 Å². The lowest BCUT2D eigenvalue weighted by atomic mass is 10.1. The molecule has 4 nitrogen and oxygen atoms in total. The molecule has 2 rings (SSSR count). The molecule has 6 heteroatoms. The molecule has 2 N–H and O–H groups in total. The van der Waals surface area contributed by atoms with E-state index in [1.807, 2.05) is 6.26 Å². The van der Waals surface area contributed by atoms with Gasteiger partial charge < -0.3 is 15.0 Å². The highest BCUT2D eigenvalue weighted by molar-refractivity contribution is 7.98. The van der Waals surface area contributed by atoms with Crippen LogP contribution in [0.3, 0.4) is 0 Å². The number of ether oxygens (including phenoxy) is 1. The molecule has 0 amide bonds. The fraction of sp³-hybridized carbons (Fsp3) is 0.182. The molecule has 0 saturated carbocycles. The van der Waals surface area contributed by atoms with Gasteiger partial charge in [-0.3, -0.25) is 0 Å². The van der Waals surface area contributed by atoms with Crippen LogP contribution >= 0.6 is 11.8 Å². The minimum atomic E-state index is -0.361. The Bertz CT molecular complexity index is 542. The molecule has 90 valence electrons. The summed E-state index contributed by atoms with van der Waals surface area (Å²) in [6.45, 7) is 0. The fourth-order valence-corrected chi connectivity index (χ4v) is 2.14. The smallest absolute Gasteiger partial charge is 0.172 e. The van der Waals surface area contributed by atoms with E-state index in [1.54, 1.807) is 0 Å². The highest BCUT2D eigenvalue weighted by atomic mass is 32.2. The van der Waals surface area contributed by atoms with Gasteiger partial charge in [0.15, 0.2) is 11.6 Å². The second-order valence-corrected chi connectivity index (χ2v) is 4.15. The zero-order chi connectivity index (χ0) is 12.4. The minimum absolute atomic E-state index is 0.247. The lowest BCUT2D eigenvalue weighted by molar-refractivity contribution is 0.397. The molecule has 0 atom stereocenters. The molecule has 0 saturated heterocycles. The molecular weight excluding hydrogens is 243 g/mol. The summed E-state index contributed by atoms with van der Waals surface area (Å²) >= 11 is 1.39. The number of rotatable bonds is 3. The summed E-state index contributed by atoms with van der Waals surface area (Å²) in [5.41, 5.74) is 5.97. The number of thioether (sulfide) groups is 1. The Balaban J connectivity index is 2.63. The Kier molecular flexibility index (Phi) is 3.23. The van der Waals surface area contributed by atoms with Crippen LogP contribution in [0.4, 0.5) is 10.2 Å². The first-order valence-electron chi connectivity index (χ1n) is 4.79. The molecule has 17 heavy (non-hydrogen) atoms. The molecule has 0 spiro atoms. The van der Waals surface area contributed by atoms with Crippen LogP contribution in [0.5, 0.6) is 5.75 Å². The summed E-state index contributed by atoms with van der Waals surface area (Å²) in [5.74, 6) is 0.821. The Hall–Kier alpha value is -1.69. The third-order valence-electron chi connectivity index (χ3n) is 2.24. The average Bonchev–Trinajstić information content (AvgIpc) is 2.74. The Morgan fingerprint density at radius 2 is 2.18 bits per heavy atom. The summed E-state index contributed by atoms with van der Waals surface area (Å²) in [7, 11) is 1.52. The van der Waals surface area contributed by atoms with Gasteiger partial charge in [0.1, 0.15) is 11.6 Å². The van der Waals surface area contributed by atoms with Crippen molar-refractivity contribution in [2.24, 2.45) is 0 Å². The molecule has 0 aliphatic rings. The van der Waals surface area contributed by atoms with Crippen molar-refractivity contribution in [3.05, 3.63) is 24.0 Å². The third kappa shape index (κ3) is 2.21. The van der Waals surface area contributed by atoms with Crippen molar-refractivity contribution in [3.8, 4) is 17.1 Å². The van der Waals surface area contributed by atoms with E-state index in [0.717, 1.165) is 0 Å². The number of anilines is 1. The SMILES string of the molecule is COc1c(SC)cc(F)cc1-c1cc(N)no1. The number of aromatic nitrogens is 1. The molecular formula is C11H11FN2O2S. The first-order valence-corrected chi connectivity index (χ1v) is 6.02. The van der Waals surface area contributed by atoms with Gasteiger partial charge in [-0.05, 0) is 18.4 Å². The summed E-state index contributed by atoms with van der Waals surface area (Å²) < 4.78 is 23.7. The number of benzene rings is 1. The summed E-state index contributed by atoms with van der Waals surface area (Å²) in [4.78, 5) is 0.692. The summed E-state index contributed by atoms with van der Waals surface area (Å²) in [5, 5.41) is 3.57. The van der Waals surface area contributed by atoms with Crippen molar-refractivity contribution in [1.82, 2.24) is 5.16 Å². The van der Waals surface area contributed by atoms with E-state index in [4.69, 9.17) is 15.0 Å². The van der Waals surface area contributed by atoms with Crippen LogP contribution in [0.15, 0.2) is 27.6 Å². The van der Waals surface area contributed by atoms with Gasteiger partial charge in [-0.25, -0.2) is 4.39 Å². The van der Waals surface area contributed by atoms with Crippen LogP contribution < -0.4 is 10.5 Å². The zero-order valence-corrected chi connectivity index (χ0v) is 10.2. The van der Waals surface area contributed by atoms with Gasteiger partial charge in [0.2, 0.25) is 0 Å². The second-order valence-electron chi connectivity index (χ2n) is 3.30. The first-order chi connectivity index (χ1) is 8.15.